The molecule has 1 aliphatic carbocycles. The van der Waals surface area contributed by atoms with Gasteiger partial charge in [-0.3, -0.25) is 0 Å². The Hall–Kier alpha value is -1.54. The van der Waals surface area contributed by atoms with E-state index in [9.17, 15) is 5.11 Å². The Morgan fingerprint density at radius 2 is 2.09 bits per heavy atom. The summed E-state index contributed by atoms with van der Waals surface area (Å²) in [5.41, 5.74) is 5.93. The van der Waals surface area contributed by atoms with Crippen LogP contribution in [0.5, 0.6) is 5.75 Å². The summed E-state index contributed by atoms with van der Waals surface area (Å²) in [5, 5.41) is 13.6. The molecule has 0 bridgehead atoms. The fraction of sp³-hybridized carbons (Fsp3) is 0.500. The summed E-state index contributed by atoms with van der Waals surface area (Å²) in [6.07, 6.45) is 9.72. The van der Waals surface area contributed by atoms with Crippen molar-refractivity contribution in [2.24, 2.45) is 0 Å². The second-order valence-electron chi connectivity index (χ2n) is 6.92. The zero-order chi connectivity index (χ0) is 15.5. The van der Waals surface area contributed by atoms with Gasteiger partial charge in [-0.05, 0) is 70.1 Å². The van der Waals surface area contributed by atoms with Gasteiger partial charge >= 0.3 is 0 Å². The van der Waals surface area contributed by atoms with Crippen molar-refractivity contribution in [3.05, 3.63) is 52.6 Å². The lowest BCUT2D eigenvalue weighted by molar-refractivity contribution is 0.399. The third-order valence-electron chi connectivity index (χ3n) is 4.94. The highest BCUT2D eigenvalue weighted by Gasteiger charge is 2.29. The quantitative estimate of drug-likeness (QED) is 0.768. The minimum absolute atomic E-state index is 0.333. The van der Waals surface area contributed by atoms with E-state index in [1.807, 2.05) is 12.1 Å². The van der Waals surface area contributed by atoms with Gasteiger partial charge in [-0.25, -0.2) is 0 Å². The molecule has 2 N–H and O–H groups in total. The summed E-state index contributed by atoms with van der Waals surface area (Å²) in [6, 6.07) is 8.53. The van der Waals surface area contributed by atoms with Crippen LogP contribution in [0.3, 0.4) is 0 Å². The number of hydrogen-bond donors (Lipinski definition) is 2. The summed E-state index contributed by atoms with van der Waals surface area (Å²) in [7, 11) is 0. The zero-order valence-corrected chi connectivity index (χ0v) is 13.7. The number of hydrogen-bond acceptors (Lipinski definition) is 2. The normalized spacial score (nSPS) is 24.8. The minimum atomic E-state index is 0.333. The van der Waals surface area contributed by atoms with Gasteiger partial charge in [0, 0.05) is 12.1 Å². The minimum Gasteiger partial charge on any atom is -0.508 e. The van der Waals surface area contributed by atoms with Crippen LogP contribution in [0.25, 0.3) is 0 Å². The van der Waals surface area contributed by atoms with Gasteiger partial charge in [0.25, 0.3) is 0 Å². The molecule has 1 aromatic carbocycles. The van der Waals surface area contributed by atoms with Crippen LogP contribution in [0.2, 0.25) is 0 Å². The molecule has 2 heteroatoms. The van der Waals surface area contributed by atoms with Gasteiger partial charge in [-0.2, -0.15) is 0 Å². The number of phenols is 1. The molecule has 0 radical (unpaired) electrons. The molecule has 118 valence electrons. The molecule has 0 saturated heterocycles. The van der Waals surface area contributed by atoms with Crippen LogP contribution in [0.4, 0.5) is 0 Å². The molecule has 0 amide bonds. The lowest BCUT2D eigenvalue weighted by Crippen LogP contribution is -2.39. The molecule has 2 aliphatic rings. The van der Waals surface area contributed by atoms with E-state index < -0.39 is 0 Å². The number of allylic oxidation sites excluding steroid dienone is 1. The lowest BCUT2D eigenvalue weighted by Gasteiger charge is -2.38. The van der Waals surface area contributed by atoms with Gasteiger partial charge in [0.1, 0.15) is 5.75 Å². The van der Waals surface area contributed by atoms with Gasteiger partial charge in [-0.15, -0.1) is 0 Å². The van der Waals surface area contributed by atoms with E-state index in [0.717, 1.165) is 12.8 Å². The van der Waals surface area contributed by atoms with Crippen LogP contribution in [0.15, 0.2) is 47.1 Å². The van der Waals surface area contributed by atoms with E-state index in [-0.39, 0.29) is 0 Å². The molecule has 0 fully saturated rings. The second-order valence-corrected chi connectivity index (χ2v) is 6.92. The van der Waals surface area contributed by atoms with E-state index in [1.54, 1.807) is 17.2 Å². The molecule has 0 spiro atoms. The van der Waals surface area contributed by atoms with Crippen molar-refractivity contribution in [2.75, 3.05) is 0 Å². The van der Waals surface area contributed by atoms with E-state index >= 15 is 0 Å². The Bertz CT molecular complexity index is 595. The molecule has 1 heterocycles. The molecular weight excluding hydrogens is 270 g/mol. The first-order chi connectivity index (χ1) is 10.6. The monoisotopic (exact) mass is 297 g/mol. The molecular formula is C20H27NO. The Morgan fingerprint density at radius 1 is 1.27 bits per heavy atom. The van der Waals surface area contributed by atoms with Crippen molar-refractivity contribution in [1.29, 1.82) is 0 Å². The Kier molecular flexibility index (Phi) is 4.68. The first-order valence-electron chi connectivity index (χ1n) is 8.52. The maximum absolute atomic E-state index is 9.77. The molecule has 3 rings (SSSR count). The lowest BCUT2D eigenvalue weighted by atomic mass is 9.78. The number of phenolic OH excluding ortho intramolecular Hbond substituents is 1. The second kappa shape index (κ2) is 6.70. The van der Waals surface area contributed by atoms with Gasteiger partial charge in [0.15, 0.2) is 0 Å². The van der Waals surface area contributed by atoms with Crippen LogP contribution in [-0.2, 0) is 0 Å². The number of aromatic hydroxyl groups is 1. The van der Waals surface area contributed by atoms with Crippen molar-refractivity contribution < 1.29 is 5.11 Å². The average molecular weight is 297 g/mol. The molecule has 0 saturated carbocycles. The molecule has 1 aliphatic heterocycles. The van der Waals surface area contributed by atoms with E-state index in [1.165, 1.54) is 36.8 Å². The van der Waals surface area contributed by atoms with E-state index in [4.69, 9.17) is 0 Å². The van der Waals surface area contributed by atoms with Crippen molar-refractivity contribution in [3.8, 4) is 5.75 Å². The SMILES string of the molecule is CC(C)=CC[C@H]1N[C@H](c2cccc(O)c2)CC2=C1CCCC2. The van der Waals surface area contributed by atoms with Gasteiger partial charge in [-0.1, -0.05) is 34.9 Å². The Balaban J connectivity index is 1.86. The standard InChI is InChI=1S/C20H27NO/c1-14(2)10-11-19-18-9-4-3-6-15(18)13-20(21-19)16-7-5-8-17(22)12-16/h5,7-8,10,12,19-22H,3-4,6,9,11,13H2,1-2H3/t19-,20+/m1/s1. The fourth-order valence-electron chi connectivity index (χ4n) is 3.81. The highest BCUT2D eigenvalue weighted by molar-refractivity contribution is 5.35. The van der Waals surface area contributed by atoms with Crippen LogP contribution in [0.1, 0.15) is 64.0 Å². The first kappa shape index (κ1) is 15.4. The maximum atomic E-state index is 9.77. The predicted octanol–water partition coefficient (Wildman–Crippen LogP) is 5.02. The fourth-order valence-corrected chi connectivity index (χ4v) is 3.81. The van der Waals surface area contributed by atoms with Crippen LogP contribution in [0, 0.1) is 0 Å². The van der Waals surface area contributed by atoms with Gasteiger partial charge < -0.3 is 10.4 Å². The number of benzene rings is 1. The molecule has 0 unspecified atom stereocenters. The van der Waals surface area contributed by atoms with Gasteiger partial charge in [0.05, 0.1) is 0 Å². The highest BCUT2D eigenvalue weighted by atomic mass is 16.3. The molecule has 2 atom stereocenters. The van der Waals surface area contributed by atoms with E-state index in [0.29, 0.717) is 17.8 Å². The third-order valence-corrected chi connectivity index (χ3v) is 4.94. The van der Waals surface area contributed by atoms with Crippen LogP contribution < -0.4 is 5.32 Å². The average Bonchev–Trinajstić information content (AvgIpc) is 2.52. The topological polar surface area (TPSA) is 32.3 Å². The Morgan fingerprint density at radius 3 is 2.86 bits per heavy atom. The highest BCUT2D eigenvalue weighted by Crippen LogP contribution is 2.39. The smallest absolute Gasteiger partial charge is 0.115 e. The summed E-state index contributed by atoms with van der Waals surface area (Å²) in [4.78, 5) is 0. The van der Waals surface area contributed by atoms with Crippen molar-refractivity contribution in [2.45, 2.75) is 64.5 Å². The molecule has 0 aromatic heterocycles. The summed E-state index contributed by atoms with van der Waals surface area (Å²) >= 11 is 0. The maximum Gasteiger partial charge on any atom is 0.115 e. The molecule has 1 aromatic rings. The summed E-state index contributed by atoms with van der Waals surface area (Å²) in [5.74, 6) is 0.364. The zero-order valence-electron chi connectivity index (χ0n) is 13.7. The first-order valence-corrected chi connectivity index (χ1v) is 8.52. The van der Waals surface area contributed by atoms with Crippen molar-refractivity contribution >= 4 is 0 Å². The summed E-state index contributed by atoms with van der Waals surface area (Å²) < 4.78 is 0. The van der Waals surface area contributed by atoms with Crippen LogP contribution in [-0.4, -0.2) is 11.1 Å². The van der Waals surface area contributed by atoms with Crippen molar-refractivity contribution in [1.82, 2.24) is 5.32 Å². The van der Waals surface area contributed by atoms with E-state index in [2.05, 4.69) is 31.3 Å². The Labute approximate surface area is 133 Å². The number of nitrogens with one attached hydrogen (secondary N) is 1. The van der Waals surface area contributed by atoms with Crippen LogP contribution >= 0.6 is 0 Å². The van der Waals surface area contributed by atoms with Gasteiger partial charge in [0.2, 0.25) is 0 Å². The largest absolute Gasteiger partial charge is 0.508 e. The van der Waals surface area contributed by atoms with Crippen molar-refractivity contribution in [3.63, 3.8) is 0 Å². The third kappa shape index (κ3) is 3.44. The summed E-state index contributed by atoms with van der Waals surface area (Å²) in [6.45, 7) is 4.34. The molecule has 2 nitrogen and oxygen atoms in total. The predicted molar refractivity (Wildman–Crippen MR) is 91.9 cm³/mol. The number of rotatable bonds is 3. The molecule has 22 heavy (non-hydrogen) atoms.